The molecule has 0 amide bonds. The number of likely N-dealkylation sites (tertiary alicyclic amines) is 1. The zero-order valence-electron chi connectivity index (χ0n) is 14.0. The molecule has 132 valence electrons. The van der Waals surface area contributed by atoms with E-state index in [9.17, 15) is 9.90 Å². The number of aliphatic carboxylic acids is 1. The first-order valence-electron chi connectivity index (χ1n) is 8.43. The molecule has 1 aliphatic carbocycles. The van der Waals surface area contributed by atoms with Gasteiger partial charge in [-0.1, -0.05) is 12.1 Å². The predicted molar refractivity (Wildman–Crippen MR) is 88.0 cm³/mol. The maximum Gasteiger partial charge on any atom is 0.341 e. The van der Waals surface area contributed by atoms with E-state index in [2.05, 4.69) is 4.90 Å². The van der Waals surface area contributed by atoms with Gasteiger partial charge in [-0.05, 0) is 43.4 Å². The maximum absolute atomic E-state index is 10.5. The monoisotopic (exact) mass is 335 g/mol. The molecule has 3 atom stereocenters. The molecular weight excluding hydrogens is 310 g/mol. The van der Waals surface area contributed by atoms with Crippen molar-refractivity contribution in [3.05, 3.63) is 29.8 Å². The molecule has 2 fully saturated rings. The van der Waals surface area contributed by atoms with Crippen LogP contribution in [0.25, 0.3) is 0 Å². The van der Waals surface area contributed by atoms with E-state index in [4.69, 9.17) is 14.6 Å². The van der Waals surface area contributed by atoms with Crippen molar-refractivity contribution in [2.45, 2.75) is 50.0 Å². The Morgan fingerprint density at radius 2 is 2.08 bits per heavy atom. The predicted octanol–water partition coefficient (Wildman–Crippen LogP) is 1.65. The molecule has 3 rings (SSSR count). The summed E-state index contributed by atoms with van der Waals surface area (Å²) in [7, 11) is 1.78. The standard InChI is InChI=1S/C18H25NO5/c1-23-18-7-6-14(20)10-16(18)19(9-8-18)11-13-2-4-15(5-3-13)24-12-17(21)22/h2-5,14,16,20H,6-12H2,1H3,(H,21,22)/t14-,16-,18+/m1/s1. The molecule has 0 aromatic heterocycles. The minimum absolute atomic E-state index is 0.121. The fourth-order valence-electron chi connectivity index (χ4n) is 4.03. The number of methoxy groups -OCH3 is 1. The van der Waals surface area contributed by atoms with Crippen LogP contribution >= 0.6 is 0 Å². The van der Waals surface area contributed by atoms with E-state index in [1.165, 1.54) is 0 Å². The van der Waals surface area contributed by atoms with E-state index in [1.54, 1.807) is 19.2 Å². The fourth-order valence-corrected chi connectivity index (χ4v) is 4.03. The molecule has 1 heterocycles. The molecule has 6 heteroatoms. The van der Waals surface area contributed by atoms with E-state index < -0.39 is 5.97 Å². The molecule has 1 saturated carbocycles. The Balaban J connectivity index is 1.64. The number of carboxylic acid groups (broad SMARTS) is 1. The number of fused-ring (bicyclic) bond motifs is 1. The van der Waals surface area contributed by atoms with Gasteiger partial charge in [0.1, 0.15) is 5.75 Å². The molecule has 6 nitrogen and oxygen atoms in total. The zero-order chi connectivity index (χ0) is 17.2. The van der Waals surface area contributed by atoms with Crippen LogP contribution in [0.4, 0.5) is 0 Å². The molecule has 2 aliphatic rings. The van der Waals surface area contributed by atoms with Gasteiger partial charge >= 0.3 is 5.97 Å². The number of carboxylic acids is 1. The molecule has 24 heavy (non-hydrogen) atoms. The second kappa shape index (κ2) is 7.09. The van der Waals surface area contributed by atoms with Crippen LogP contribution < -0.4 is 4.74 Å². The number of hydrogen-bond acceptors (Lipinski definition) is 5. The van der Waals surface area contributed by atoms with E-state index in [0.29, 0.717) is 5.75 Å². The molecule has 0 radical (unpaired) electrons. The highest BCUT2D eigenvalue weighted by atomic mass is 16.5. The van der Waals surface area contributed by atoms with Gasteiger partial charge in [-0.2, -0.15) is 0 Å². The summed E-state index contributed by atoms with van der Waals surface area (Å²) in [5, 5.41) is 18.7. The van der Waals surface area contributed by atoms with Crippen LogP contribution in [0.2, 0.25) is 0 Å². The lowest BCUT2D eigenvalue weighted by atomic mass is 9.79. The van der Waals surface area contributed by atoms with Gasteiger partial charge in [0.2, 0.25) is 0 Å². The van der Waals surface area contributed by atoms with Crippen LogP contribution in [0, 0.1) is 0 Å². The lowest BCUT2D eigenvalue weighted by Gasteiger charge is -2.42. The first kappa shape index (κ1) is 17.2. The number of hydrogen-bond donors (Lipinski definition) is 2. The molecule has 0 spiro atoms. The lowest BCUT2D eigenvalue weighted by Crippen LogP contribution is -2.51. The molecule has 1 aromatic rings. The molecule has 1 aromatic carbocycles. The van der Waals surface area contributed by atoms with E-state index in [-0.39, 0.29) is 24.4 Å². The van der Waals surface area contributed by atoms with Crippen LogP contribution in [0.15, 0.2) is 24.3 Å². The van der Waals surface area contributed by atoms with E-state index in [0.717, 1.165) is 44.3 Å². The van der Waals surface area contributed by atoms with Crippen molar-refractivity contribution in [2.24, 2.45) is 0 Å². The number of carbonyl (C=O) groups is 1. The first-order valence-corrected chi connectivity index (χ1v) is 8.43. The Kier molecular flexibility index (Phi) is 5.08. The van der Waals surface area contributed by atoms with Crippen molar-refractivity contribution < 1.29 is 24.5 Å². The van der Waals surface area contributed by atoms with Crippen molar-refractivity contribution in [3.8, 4) is 5.75 Å². The SMILES string of the molecule is CO[C@]12CC[C@@H](O)C[C@H]1N(Cc1ccc(OCC(=O)O)cc1)CC2. The second-order valence-electron chi connectivity index (χ2n) is 6.76. The highest BCUT2D eigenvalue weighted by Crippen LogP contribution is 2.42. The summed E-state index contributed by atoms with van der Waals surface area (Å²) in [6.45, 7) is 1.42. The average molecular weight is 335 g/mol. The number of nitrogens with zero attached hydrogens (tertiary/aromatic N) is 1. The quantitative estimate of drug-likeness (QED) is 0.823. The third kappa shape index (κ3) is 3.55. The summed E-state index contributed by atoms with van der Waals surface area (Å²) in [6, 6.07) is 7.77. The Morgan fingerprint density at radius 1 is 1.33 bits per heavy atom. The van der Waals surface area contributed by atoms with Crippen LogP contribution in [0.5, 0.6) is 5.75 Å². The van der Waals surface area contributed by atoms with E-state index in [1.807, 2.05) is 12.1 Å². The Hall–Kier alpha value is -1.63. The Morgan fingerprint density at radius 3 is 2.75 bits per heavy atom. The van der Waals surface area contributed by atoms with Crippen LogP contribution in [0.1, 0.15) is 31.2 Å². The highest BCUT2D eigenvalue weighted by molar-refractivity contribution is 5.68. The smallest absolute Gasteiger partial charge is 0.341 e. The summed E-state index contributed by atoms with van der Waals surface area (Å²) in [5.41, 5.74) is 1.02. The van der Waals surface area contributed by atoms with Gasteiger partial charge in [0.15, 0.2) is 6.61 Å². The van der Waals surface area contributed by atoms with Crippen LogP contribution in [-0.4, -0.2) is 59.1 Å². The number of ether oxygens (including phenoxy) is 2. The average Bonchev–Trinajstić information content (AvgIpc) is 2.93. The van der Waals surface area contributed by atoms with E-state index >= 15 is 0 Å². The zero-order valence-corrected chi connectivity index (χ0v) is 14.0. The Bertz CT molecular complexity index is 575. The van der Waals surface area contributed by atoms with Crippen LogP contribution in [-0.2, 0) is 16.1 Å². The molecule has 0 unspecified atom stereocenters. The van der Waals surface area contributed by atoms with Gasteiger partial charge in [0.05, 0.1) is 11.7 Å². The highest BCUT2D eigenvalue weighted by Gasteiger charge is 2.50. The van der Waals surface area contributed by atoms with Crippen molar-refractivity contribution in [3.63, 3.8) is 0 Å². The Labute approximate surface area is 142 Å². The molecule has 1 aliphatic heterocycles. The third-order valence-electron chi connectivity index (χ3n) is 5.34. The van der Waals surface area contributed by atoms with Gasteiger partial charge in [0, 0.05) is 26.2 Å². The van der Waals surface area contributed by atoms with Gasteiger partial charge in [-0.15, -0.1) is 0 Å². The minimum Gasteiger partial charge on any atom is -0.482 e. The third-order valence-corrected chi connectivity index (χ3v) is 5.34. The van der Waals surface area contributed by atoms with Crippen LogP contribution in [0.3, 0.4) is 0 Å². The molecule has 2 N–H and O–H groups in total. The summed E-state index contributed by atoms with van der Waals surface area (Å²) in [5.74, 6) is -0.426. The summed E-state index contributed by atoms with van der Waals surface area (Å²) >= 11 is 0. The number of aliphatic hydroxyl groups is 1. The first-order chi connectivity index (χ1) is 11.5. The van der Waals surface area contributed by atoms with Gasteiger partial charge in [0.25, 0.3) is 0 Å². The minimum atomic E-state index is -0.983. The summed E-state index contributed by atoms with van der Waals surface area (Å²) < 4.78 is 11.0. The topological polar surface area (TPSA) is 79.2 Å². The van der Waals surface area contributed by atoms with Crippen molar-refractivity contribution in [2.75, 3.05) is 20.3 Å². The summed E-state index contributed by atoms with van der Waals surface area (Å²) in [4.78, 5) is 12.9. The molecule has 0 bridgehead atoms. The van der Waals surface area contributed by atoms with Crippen molar-refractivity contribution in [1.29, 1.82) is 0 Å². The van der Waals surface area contributed by atoms with Crippen molar-refractivity contribution in [1.82, 2.24) is 4.90 Å². The normalized spacial score (nSPS) is 30.1. The second-order valence-corrected chi connectivity index (χ2v) is 6.76. The van der Waals surface area contributed by atoms with Gasteiger partial charge < -0.3 is 19.7 Å². The van der Waals surface area contributed by atoms with Crippen molar-refractivity contribution >= 4 is 5.97 Å². The number of aliphatic hydroxyl groups excluding tert-OH is 1. The molecular formula is C18H25NO5. The lowest BCUT2D eigenvalue weighted by molar-refractivity contribution is -0.139. The van der Waals surface area contributed by atoms with Gasteiger partial charge in [-0.25, -0.2) is 4.79 Å². The fraction of sp³-hybridized carbons (Fsp3) is 0.611. The molecule has 1 saturated heterocycles. The number of benzene rings is 1. The number of rotatable bonds is 6. The maximum atomic E-state index is 10.5. The van der Waals surface area contributed by atoms with Gasteiger partial charge in [-0.3, -0.25) is 4.90 Å². The largest absolute Gasteiger partial charge is 0.482 e. The summed E-state index contributed by atoms with van der Waals surface area (Å²) in [6.07, 6.45) is 3.24.